The van der Waals surface area contributed by atoms with E-state index in [0.717, 1.165) is 12.8 Å². The van der Waals surface area contributed by atoms with E-state index in [2.05, 4.69) is 5.32 Å². The first-order valence-corrected chi connectivity index (χ1v) is 5.87. The molecule has 0 aromatic carbocycles. The average molecular weight is 225 g/mol. The van der Waals surface area contributed by atoms with Gasteiger partial charge in [-0.2, -0.15) is 0 Å². The number of hydrogen-bond acceptors (Lipinski definition) is 3. The Morgan fingerprint density at radius 1 is 1.38 bits per heavy atom. The highest BCUT2D eigenvalue weighted by molar-refractivity contribution is 5.85. The maximum absolute atomic E-state index is 11.6. The molecule has 4 nitrogen and oxygen atoms in total. The fourth-order valence-corrected chi connectivity index (χ4v) is 2.67. The van der Waals surface area contributed by atoms with Crippen LogP contribution in [0.5, 0.6) is 0 Å². The molecule has 16 heavy (non-hydrogen) atoms. The molecule has 0 heterocycles. The van der Waals surface area contributed by atoms with E-state index in [4.69, 9.17) is 4.74 Å². The van der Waals surface area contributed by atoms with Gasteiger partial charge in [0.1, 0.15) is 11.4 Å². The lowest BCUT2D eigenvalue weighted by Crippen LogP contribution is -2.42. The van der Waals surface area contributed by atoms with Crippen LogP contribution in [0.1, 0.15) is 40.0 Å². The first kappa shape index (κ1) is 11.4. The molecule has 0 aliphatic heterocycles. The van der Waals surface area contributed by atoms with Crippen molar-refractivity contribution in [3.8, 4) is 0 Å². The molecule has 0 saturated heterocycles. The molecule has 2 aliphatic carbocycles. The summed E-state index contributed by atoms with van der Waals surface area (Å²) in [7, 11) is 0. The zero-order valence-corrected chi connectivity index (χ0v) is 10.1. The third-order valence-corrected chi connectivity index (χ3v) is 3.32. The van der Waals surface area contributed by atoms with Gasteiger partial charge in [-0.05, 0) is 39.5 Å². The van der Waals surface area contributed by atoms with Crippen molar-refractivity contribution in [1.82, 2.24) is 5.32 Å². The van der Waals surface area contributed by atoms with Crippen molar-refractivity contribution in [2.45, 2.75) is 51.7 Å². The number of carbonyl (C=O) groups is 2. The van der Waals surface area contributed by atoms with Crippen LogP contribution in [-0.4, -0.2) is 23.5 Å². The third-order valence-electron chi connectivity index (χ3n) is 3.32. The van der Waals surface area contributed by atoms with Crippen molar-refractivity contribution in [3.63, 3.8) is 0 Å². The molecule has 4 heteroatoms. The van der Waals surface area contributed by atoms with Gasteiger partial charge >= 0.3 is 6.09 Å². The summed E-state index contributed by atoms with van der Waals surface area (Å²) in [5.74, 6) is 0.891. The summed E-state index contributed by atoms with van der Waals surface area (Å²) in [6.45, 7) is 5.53. The number of amides is 1. The minimum absolute atomic E-state index is 0.137. The first-order chi connectivity index (χ1) is 7.35. The molecule has 2 fully saturated rings. The van der Waals surface area contributed by atoms with Gasteiger partial charge in [0.05, 0.1) is 0 Å². The topological polar surface area (TPSA) is 55.4 Å². The van der Waals surface area contributed by atoms with E-state index >= 15 is 0 Å². The lowest BCUT2D eigenvalue weighted by atomic mass is 9.94. The van der Waals surface area contributed by atoms with Crippen LogP contribution in [0, 0.1) is 11.8 Å². The minimum Gasteiger partial charge on any atom is -0.444 e. The predicted molar refractivity (Wildman–Crippen MR) is 59.0 cm³/mol. The van der Waals surface area contributed by atoms with Crippen molar-refractivity contribution in [1.29, 1.82) is 0 Å². The maximum atomic E-state index is 11.6. The molecule has 0 radical (unpaired) electrons. The Labute approximate surface area is 95.7 Å². The molecule has 1 amide bonds. The minimum atomic E-state index is -0.461. The van der Waals surface area contributed by atoms with Crippen LogP contribution < -0.4 is 5.32 Å². The molecule has 1 N–H and O–H groups in total. The van der Waals surface area contributed by atoms with Gasteiger partial charge in [0, 0.05) is 18.4 Å². The summed E-state index contributed by atoms with van der Waals surface area (Å²) in [4.78, 5) is 22.9. The lowest BCUT2D eigenvalue weighted by molar-refractivity contribution is -0.122. The van der Waals surface area contributed by atoms with E-state index in [9.17, 15) is 9.59 Å². The van der Waals surface area contributed by atoms with Crippen LogP contribution >= 0.6 is 0 Å². The Morgan fingerprint density at radius 3 is 2.50 bits per heavy atom. The molecule has 3 atom stereocenters. The van der Waals surface area contributed by atoms with E-state index < -0.39 is 5.60 Å². The molecule has 0 spiro atoms. The molecular weight excluding hydrogens is 206 g/mol. The molecule has 2 aliphatic rings. The second kappa shape index (κ2) is 3.75. The van der Waals surface area contributed by atoms with Crippen molar-refractivity contribution in [2.24, 2.45) is 11.8 Å². The van der Waals surface area contributed by atoms with Gasteiger partial charge in [-0.3, -0.25) is 4.79 Å². The second-order valence-corrected chi connectivity index (χ2v) is 5.85. The third kappa shape index (κ3) is 2.36. The summed E-state index contributed by atoms with van der Waals surface area (Å²) in [5, 5.41) is 2.87. The fourth-order valence-electron chi connectivity index (χ4n) is 2.67. The van der Waals surface area contributed by atoms with Crippen LogP contribution in [0.25, 0.3) is 0 Å². The number of alkyl carbamates (subject to hydrolysis) is 1. The summed E-state index contributed by atoms with van der Waals surface area (Å²) >= 11 is 0. The van der Waals surface area contributed by atoms with Crippen molar-refractivity contribution in [3.05, 3.63) is 0 Å². The molecule has 2 saturated carbocycles. The molecule has 2 bridgehead atoms. The van der Waals surface area contributed by atoms with E-state index in [0.29, 0.717) is 18.1 Å². The number of Topliss-reactive ketones (excluding diaryl/α,β-unsaturated/α-hetero) is 1. The van der Waals surface area contributed by atoms with Gasteiger partial charge < -0.3 is 10.1 Å². The smallest absolute Gasteiger partial charge is 0.407 e. The van der Waals surface area contributed by atoms with Gasteiger partial charge in [-0.25, -0.2) is 4.79 Å². The zero-order valence-electron chi connectivity index (χ0n) is 10.1. The molecule has 0 aromatic heterocycles. The summed E-state index contributed by atoms with van der Waals surface area (Å²) in [6, 6.07) is 0.137. The van der Waals surface area contributed by atoms with Crippen LogP contribution in [0.2, 0.25) is 0 Å². The Bertz CT molecular complexity index is 319. The number of fused-ring (bicyclic) bond motifs is 2. The highest BCUT2D eigenvalue weighted by atomic mass is 16.6. The van der Waals surface area contributed by atoms with Gasteiger partial charge in [0.15, 0.2) is 0 Å². The Kier molecular flexibility index (Phi) is 2.68. The van der Waals surface area contributed by atoms with Crippen LogP contribution in [0.15, 0.2) is 0 Å². The standard InChI is InChI=1S/C12H19NO3/c1-12(2,3)16-11(15)13-9-5-8-4-7(9)6-10(8)14/h7-9H,4-6H2,1-3H3,(H,13,15). The summed E-state index contributed by atoms with van der Waals surface area (Å²) < 4.78 is 5.20. The molecular formula is C12H19NO3. The SMILES string of the molecule is CC(C)(C)OC(=O)NC1CC2CC1CC2=O. The number of rotatable bonds is 1. The Morgan fingerprint density at radius 2 is 2.06 bits per heavy atom. The zero-order chi connectivity index (χ0) is 11.9. The second-order valence-electron chi connectivity index (χ2n) is 5.85. The van der Waals surface area contributed by atoms with Crippen molar-refractivity contribution in [2.75, 3.05) is 0 Å². The van der Waals surface area contributed by atoms with Crippen molar-refractivity contribution >= 4 is 11.9 Å². The number of ether oxygens (including phenoxy) is 1. The molecule has 3 unspecified atom stereocenters. The first-order valence-electron chi connectivity index (χ1n) is 5.87. The number of carbonyl (C=O) groups excluding carboxylic acids is 2. The van der Waals surface area contributed by atoms with Crippen LogP contribution in [0.3, 0.4) is 0 Å². The number of ketones is 1. The Hall–Kier alpha value is -1.06. The van der Waals surface area contributed by atoms with E-state index in [1.54, 1.807) is 0 Å². The van der Waals surface area contributed by atoms with Crippen LogP contribution in [-0.2, 0) is 9.53 Å². The monoisotopic (exact) mass is 225 g/mol. The maximum Gasteiger partial charge on any atom is 0.407 e. The van der Waals surface area contributed by atoms with Gasteiger partial charge in [0.25, 0.3) is 0 Å². The highest BCUT2D eigenvalue weighted by Gasteiger charge is 2.45. The lowest BCUT2D eigenvalue weighted by Gasteiger charge is -2.25. The highest BCUT2D eigenvalue weighted by Crippen LogP contribution is 2.42. The van der Waals surface area contributed by atoms with E-state index in [1.807, 2.05) is 20.8 Å². The molecule has 0 aromatic rings. The fraction of sp³-hybridized carbons (Fsp3) is 0.833. The molecule has 90 valence electrons. The number of nitrogens with one attached hydrogen (secondary N) is 1. The van der Waals surface area contributed by atoms with E-state index in [-0.39, 0.29) is 18.1 Å². The average Bonchev–Trinajstić information content (AvgIpc) is 2.58. The molecule has 2 rings (SSSR count). The van der Waals surface area contributed by atoms with Gasteiger partial charge in [-0.15, -0.1) is 0 Å². The van der Waals surface area contributed by atoms with Gasteiger partial charge in [0.2, 0.25) is 0 Å². The normalized spacial score (nSPS) is 32.9. The summed E-state index contributed by atoms with van der Waals surface area (Å²) in [6.07, 6.45) is 2.00. The van der Waals surface area contributed by atoms with Crippen molar-refractivity contribution < 1.29 is 14.3 Å². The summed E-state index contributed by atoms with van der Waals surface area (Å²) in [5.41, 5.74) is -0.461. The van der Waals surface area contributed by atoms with Gasteiger partial charge in [-0.1, -0.05) is 0 Å². The predicted octanol–water partition coefficient (Wildman–Crippen LogP) is 1.88. The Balaban J connectivity index is 1.84. The largest absolute Gasteiger partial charge is 0.444 e. The quantitative estimate of drug-likeness (QED) is 0.741. The number of hydrogen-bond donors (Lipinski definition) is 1. The van der Waals surface area contributed by atoms with Crippen LogP contribution in [0.4, 0.5) is 4.79 Å². The van der Waals surface area contributed by atoms with E-state index in [1.165, 1.54) is 0 Å².